The molecule has 2 fully saturated rings. The van der Waals surface area contributed by atoms with Gasteiger partial charge >= 0.3 is 12.1 Å². The molecule has 3 amide bonds. The van der Waals surface area contributed by atoms with Gasteiger partial charge in [0.15, 0.2) is 0 Å². The van der Waals surface area contributed by atoms with E-state index in [0.29, 0.717) is 25.6 Å². The van der Waals surface area contributed by atoms with Gasteiger partial charge in [0.2, 0.25) is 0 Å². The number of urea groups is 1. The van der Waals surface area contributed by atoms with Gasteiger partial charge < -0.3 is 19.9 Å². The second kappa shape index (κ2) is 8.00. The van der Waals surface area contributed by atoms with Crippen molar-refractivity contribution in [3.05, 3.63) is 52.2 Å². The van der Waals surface area contributed by atoms with E-state index in [1.54, 1.807) is 16.2 Å². The van der Waals surface area contributed by atoms with E-state index in [1.807, 2.05) is 29.2 Å². The van der Waals surface area contributed by atoms with Crippen molar-refractivity contribution in [2.45, 2.75) is 25.3 Å². The summed E-state index contributed by atoms with van der Waals surface area (Å²) in [6.45, 7) is 3.17. The molecule has 2 saturated heterocycles. The Labute approximate surface area is 162 Å². The lowest BCUT2D eigenvalue weighted by Gasteiger charge is -2.31. The minimum Gasteiger partial charge on any atom is -0.448 e. The smallest absolute Gasteiger partial charge is 0.410 e. The van der Waals surface area contributed by atoms with Gasteiger partial charge in [-0.05, 0) is 58.8 Å². The first-order valence-corrected chi connectivity index (χ1v) is 10.2. The van der Waals surface area contributed by atoms with Crippen molar-refractivity contribution >= 4 is 29.1 Å². The number of hydrogen-bond donors (Lipinski definition) is 1. The highest BCUT2D eigenvalue weighted by molar-refractivity contribution is 7.07. The number of benzene rings is 1. The molecule has 0 bridgehead atoms. The number of ether oxygens (including phenoxy) is 1. The first kappa shape index (κ1) is 17.9. The highest BCUT2D eigenvalue weighted by atomic mass is 32.1. The molecule has 1 N–H and O–H groups in total. The van der Waals surface area contributed by atoms with Gasteiger partial charge in [-0.1, -0.05) is 12.1 Å². The Morgan fingerprint density at radius 2 is 1.93 bits per heavy atom. The van der Waals surface area contributed by atoms with Crippen LogP contribution in [-0.2, 0) is 11.3 Å². The molecule has 1 aromatic heterocycles. The molecule has 0 atom stereocenters. The molecular formula is C20H23N3O3S. The van der Waals surface area contributed by atoms with Crippen LogP contribution < -0.4 is 5.32 Å². The van der Waals surface area contributed by atoms with Crippen molar-refractivity contribution in [2.75, 3.05) is 31.6 Å². The second-order valence-electron chi connectivity index (χ2n) is 6.98. The Hall–Kier alpha value is -2.54. The zero-order valence-corrected chi connectivity index (χ0v) is 15.9. The van der Waals surface area contributed by atoms with Crippen LogP contribution in [0.3, 0.4) is 0 Å². The Kier molecular flexibility index (Phi) is 5.29. The van der Waals surface area contributed by atoms with Crippen LogP contribution in [0.15, 0.2) is 41.1 Å². The molecule has 142 valence electrons. The Morgan fingerprint density at radius 1 is 1.15 bits per heavy atom. The average molecular weight is 385 g/mol. The summed E-state index contributed by atoms with van der Waals surface area (Å²) in [5.41, 5.74) is 3.19. The van der Waals surface area contributed by atoms with Crippen LogP contribution in [0.25, 0.3) is 0 Å². The van der Waals surface area contributed by atoms with Crippen LogP contribution in [0.5, 0.6) is 0 Å². The summed E-state index contributed by atoms with van der Waals surface area (Å²) in [5.74, 6) is 0.567. The molecule has 2 aliphatic heterocycles. The van der Waals surface area contributed by atoms with E-state index in [4.69, 9.17) is 4.74 Å². The number of nitrogens with zero attached hydrogens (tertiary/aromatic N) is 2. The summed E-state index contributed by atoms with van der Waals surface area (Å²) in [6, 6.07) is 9.77. The number of cyclic esters (lactones) is 1. The van der Waals surface area contributed by atoms with Crippen molar-refractivity contribution in [3.63, 3.8) is 0 Å². The molecule has 2 aromatic rings. The molecule has 0 spiro atoms. The molecule has 0 unspecified atom stereocenters. The maximum atomic E-state index is 12.5. The fourth-order valence-corrected chi connectivity index (χ4v) is 4.35. The lowest BCUT2D eigenvalue weighted by atomic mass is 9.91. The summed E-state index contributed by atoms with van der Waals surface area (Å²) < 4.78 is 4.94. The predicted octanol–water partition coefficient (Wildman–Crippen LogP) is 4.11. The molecule has 1 aromatic carbocycles. The van der Waals surface area contributed by atoms with Gasteiger partial charge in [0, 0.05) is 25.3 Å². The largest absolute Gasteiger partial charge is 0.448 e. The van der Waals surface area contributed by atoms with E-state index in [0.717, 1.165) is 37.2 Å². The summed E-state index contributed by atoms with van der Waals surface area (Å²) >= 11 is 1.73. The van der Waals surface area contributed by atoms with Crippen LogP contribution in [-0.4, -0.2) is 48.2 Å². The fourth-order valence-electron chi connectivity index (χ4n) is 3.61. The molecule has 27 heavy (non-hydrogen) atoms. The Bertz CT molecular complexity index is 783. The van der Waals surface area contributed by atoms with Crippen LogP contribution in [0.4, 0.5) is 15.3 Å². The van der Waals surface area contributed by atoms with Gasteiger partial charge in [0.1, 0.15) is 6.61 Å². The van der Waals surface area contributed by atoms with Crippen LogP contribution in [0.1, 0.15) is 29.9 Å². The molecule has 0 saturated carbocycles. The maximum absolute atomic E-state index is 12.5. The second-order valence-corrected chi connectivity index (χ2v) is 7.76. The van der Waals surface area contributed by atoms with E-state index >= 15 is 0 Å². The molecule has 4 rings (SSSR count). The standard InChI is InChI=1S/C20H23N3O3S/c24-19(22-8-5-16(6-9-22)17-7-12-27-14-17)21-18-3-1-15(2-4-18)13-23-10-11-26-20(23)25/h1-4,7,12,14,16H,5-6,8-11,13H2,(H,21,24). The third-order valence-electron chi connectivity index (χ3n) is 5.22. The number of hydrogen-bond acceptors (Lipinski definition) is 4. The Balaban J connectivity index is 1.27. The molecule has 3 heterocycles. The third kappa shape index (κ3) is 4.24. The van der Waals surface area contributed by atoms with Crippen molar-refractivity contribution in [1.82, 2.24) is 9.80 Å². The summed E-state index contributed by atoms with van der Waals surface area (Å²) in [4.78, 5) is 27.6. The summed E-state index contributed by atoms with van der Waals surface area (Å²) in [7, 11) is 0. The highest BCUT2D eigenvalue weighted by Gasteiger charge is 2.24. The summed E-state index contributed by atoms with van der Waals surface area (Å²) in [5, 5.41) is 7.30. The van der Waals surface area contributed by atoms with E-state index in [2.05, 4.69) is 22.1 Å². The number of amides is 3. The topological polar surface area (TPSA) is 61.9 Å². The van der Waals surface area contributed by atoms with Gasteiger partial charge in [-0.25, -0.2) is 9.59 Å². The monoisotopic (exact) mass is 385 g/mol. The molecule has 6 nitrogen and oxygen atoms in total. The average Bonchev–Trinajstić information content (AvgIpc) is 3.36. The number of carbonyl (C=O) groups is 2. The number of anilines is 1. The van der Waals surface area contributed by atoms with E-state index in [9.17, 15) is 9.59 Å². The van der Waals surface area contributed by atoms with Gasteiger partial charge in [0.25, 0.3) is 0 Å². The minimum atomic E-state index is -0.266. The zero-order chi connectivity index (χ0) is 18.6. The van der Waals surface area contributed by atoms with Crippen molar-refractivity contribution in [2.24, 2.45) is 0 Å². The van der Waals surface area contributed by atoms with Crippen LogP contribution >= 0.6 is 11.3 Å². The molecule has 0 radical (unpaired) electrons. The molecule has 2 aliphatic rings. The fraction of sp³-hybridized carbons (Fsp3) is 0.400. The van der Waals surface area contributed by atoms with Crippen molar-refractivity contribution in [3.8, 4) is 0 Å². The van der Waals surface area contributed by atoms with E-state index in [1.165, 1.54) is 5.56 Å². The predicted molar refractivity (Wildman–Crippen MR) is 105 cm³/mol. The van der Waals surface area contributed by atoms with Gasteiger partial charge in [-0.3, -0.25) is 0 Å². The third-order valence-corrected chi connectivity index (χ3v) is 5.92. The van der Waals surface area contributed by atoms with Gasteiger partial charge in [-0.15, -0.1) is 0 Å². The molecule has 0 aliphatic carbocycles. The first-order chi connectivity index (χ1) is 13.2. The number of thiophene rings is 1. The zero-order valence-electron chi connectivity index (χ0n) is 15.1. The summed E-state index contributed by atoms with van der Waals surface area (Å²) in [6.07, 6.45) is 1.75. The molecule has 7 heteroatoms. The normalized spacial score (nSPS) is 17.9. The van der Waals surface area contributed by atoms with Crippen molar-refractivity contribution < 1.29 is 14.3 Å². The SMILES string of the molecule is O=C(Nc1ccc(CN2CCOC2=O)cc1)N1CCC(c2ccsc2)CC1. The number of nitrogens with one attached hydrogen (secondary N) is 1. The van der Waals surface area contributed by atoms with Gasteiger partial charge in [0.05, 0.1) is 6.54 Å². The number of piperidine rings is 1. The van der Waals surface area contributed by atoms with Crippen molar-refractivity contribution in [1.29, 1.82) is 0 Å². The lowest BCUT2D eigenvalue weighted by molar-refractivity contribution is 0.157. The quantitative estimate of drug-likeness (QED) is 0.861. The van der Waals surface area contributed by atoms with Gasteiger partial charge in [-0.2, -0.15) is 11.3 Å². The van der Waals surface area contributed by atoms with E-state index in [-0.39, 0.29) is 12.1 Å². The first-order valence-electron chi connectivity index (χ1n) is 9.28. The Morgan fingerprint density at radius 3 is 2.56 bits per heavy atom. The lowest BCUT2D eigenvalue weighted by Crippen LogP contribution is -2.40. The maximum Gasteiger partial charge on any atom is 0.410 e. The highest BCUT2D eigenvalue weighted by Crippen LogP contribution is 2.29. The number of likely N-dealkylation sites (tertiary alicyclic amines) is 1. The number of rotatable bonds is 4. The molecular weight excluding hydrogens is 362 g/mol. The number of carbonyl (C=O) groups excluding carboxylic acids is 2. The van der Waals surface area contributed by atoms with Crippen LogP contribution in [0.2, 0.25) is 0 Å². The van der Waals surface area contributed by atoms with Crippen LogP contribution in [0, 0.1) is 0 Å². The minimum absolute atomic E-state index is 0.0466. The van der Waals surface area contributed by atoms with E-state index < -0.39 is 0 Å².